The number of benzene rings is 3. The molecule has 5 heteroatoms. The van der Waals surface area contributed by atoms with Crippen LogP contribution in [0.5, 0.6) is 0 Å². The van der Waals surface area contributed by atoms with Crippen LogP contribution in [0, 0.1) is 0 Å². The van der Waals surface area contributed by atoms with Gasteiger partial charge in [-0.2, -0.15) is 8.42 Å². The van der Waals surface area contributed by atoms with E-state index in [2.05, 4.69) is 30.3 Å². The summed E-state index contributed by atoms with van der Waals surface area (Å²) < 4.78 is 30.3. The highest BCUT2D eigenvalue weighted by Gasteiger charge is 2.24. The first-order valence-corrected chi connectivity index (χ1v) is 13.0. The van der Waals surface area contributed by atoms with Gasteiger partial charge >= 0.3 is 0 Å². The van der Waals surface area contributed by atoms with Gasteiger partial charge in [0.2, 0.25) is 0 Å². The second-order valence-corrected chi connectivity index (χ2v) is 12.3. The summed E-state index contributed by atoms with van der Waals surface area (Å²) in [5.74, 6) is 0.705. The maximum Gasteiger partial charge on any atom is 0.276 e. The highest BCUT2D eigenvalue weighted by atomic mass is 32.3. The van der Waals surface area contributed by atoms with Gasteiger partial charge in [-0.1, -0.05) is 61.9 Å². The zero-order valence-electron chi connectivity index (χ0n) is 15.6. The first-order chi connectivity index (χ1) is 12.3. The van der Waals surface area contributed by atoms with E-state index in [1.165, 1.54) is 27.1 Å². The third kappa shape index (κ3) is 4.40. The van der Waals surface area contributed by atoms with E-state index in [0.29, 0.717) is 12.2 Å². The lowest BCUT2D eigenvalue weighted by Crippen LogP contribution is -2.15. The molecule has 0 heterocycles. The number of rotatable bonds is 7. The minimum Gasteiger partial charge on any atom is -0.220 e. The Morgan fingerprint density at radius 1 is 0.885 bits per heavy atom. The first kappa shape index (κ1) is 19.2. The van der Waals surface area contributed by atoms with Crippen LogP contribution in [0.1, 0.15) is 25.3 Å². The molecule has 26 heavy (non-hydrogen) atoms. The highest BCUT2D eigenvalue weighted by Crippen LogP contribution is 2.49. The molecule has 0 N–H and O–H groups in total. The molecule has 0 aromatic heterocycles. The summed E-state index contributed by atoms with van der Waals surface area (Å²) in [6.07, 6.45) is 5.35. The van der Waals surface area contributed by atoms with E-state index < -0.39 is 20.4 Å². The van der Waals surface area contributed by atoms with Crippen LogP contribution >= 0.6 is 10.3 Å². The van der Waals surface area contributed by atoms with Crippen LogP contribution in [0.4, 0.5) is 0 Å². The van der Waals surface area contributed by atoms with Gasteiger partial charge in [0.1, 0.15) is 0 Å². The molecular formula is C21H26O3S2. The topological polar surface area (TPSA) is 43.4 Å². The Morgan fingerprint density at radius 2 is 1.42 bits per heavy atom. The molecule has 0 radical (unpaired) electrons. The number of hydrogen-bond donors (Lipinski definition) is 0. The van der Waals surface area contributed by atoms with Crippen molar-refractivity contribution >= 4 is 42.0 Å². The van der Waals surface area contributed by atoms with Crippen molar-refractivity contribution in [3.63, 3.8) is 0 Å². The third-order valence-corrected chi connectivity index (χ3v) is 8.49. The fraction of sp³-hybridized carbons (Fsp3) is 0.333. The van der Waals surface area contributed by atoms with Gasteiger partial charge in [-0.3, -0.25) is 0 Å². The van der Waals surface area contributed by atoms with Gasteiger partial charge in [-0.15, -0.1) is 10.3 Å². The van der Waals surface area contributed by atoms with Gasteiger partial charge in [-0.25, -0.2) is 3.63 Å². The predicted molar refractivity (Wildman–Crippen MR) is 114 cm³/mol. The Bertz CT molecular complexity index is 970. The zero-order valence-corrected chi connectivity index (χ0v) is 17.2. The summed E-state index contributed by atoms with van der Waals surface area (Å²) in [6, 6.07) is 18.7. The molecule has 0 saturated heterocycles. The van der Waals surface area contributed by atoms with E-state index in [0.717, 1.165) is 6.42 Å². The van der Waals surface area contributed by atoms with Crippen molar-refractivity contribution in [2.24, 2.45) is 0 Å². The molecule has 0 unspecified atom stereocenters. The SMILES string of the molecule is CCCCS(=O)(=O)OS(C)(C)Cc1c2ccccc2cc2ccccc12. The van der Waals surface area contributed by atoms with E-state index in [1.807, 2.05) is 43.7 Å². The van der Waals surface area contributed by atoms with E-state index >= 15 is 0 Å². The molecule has 0 saturated carbocycles. The van der Waals surface area contributed by atoms with Crippen molar-refractivity contribution in [2.75, 3.05) is 18.3 Å². The van der Waals surface area contributed by atoms with Crippen molar-refractivity contribution in [1.29, 1.82) is 0 Å². The van der Waals surface area contributed by atoms with Gasteiger partial charge in [0, 0.05) is 5.75 Å². The van der Waals surface area contributed by atoms with E-state index in [1.54, 1.807) is 0 Å². The molecule has 0 aliphatic rings. The summed E-state index contributed by atoms with van der Waals surface area (Å²) >= 11 is 0. The Labute approximate surface area is 158 Å². The average molecular weight is 391 g/mol. The van der Waals surface area contributed by atoms with Crippen molar-refractivity contribution < 1.29 is 12.0 Å². The minimum atomic E-state index is -3.49. The quantitative estimate of drug-likeness (QED) is 0.492. The highest BCUT2D eigenvalue weighted by molar-refractivity contribution is 8.31. The van der Waals surface area contributed by atoms with Gasteiger partial charge < -0.3 is 0 Å². The van der Waals surface area contributed by atoms with E-state index in [9.17, 15) is 8.42 Å². The monoisotopic (exact) mass is 390 g/mol. The Balaban J connectivity index is 2.03. The largest absolute Gasteiger partial charge is 0.276 e. The molecule has 0 atom stereocenters. The molecule has 0 aliphatic heterocycles. The summed E-state index contributed by atoms with van der Waals surface area (Å²) in [4.78, 5) is 0. The van der Waals surface area contributed by atoms with Crippen LogP contribution in [0.15, 0.2) is 54.6 Å². The molecule has 3 aromatic rings. The molecule has 3 aromatic carbocycles. The molecule has 0 spiro atoms. The van der Waals surface area contributed by atoms with Crippen molar-refractivity contribution in [2.45, 2.75) is 25.5 Å². The summed E-state index contributed by atoms with van der Waals surface area (Å²) in [5, 5.41) is 4.68. The molecule has 0 amide bonds. The van der Waals surface area contributed by atoms with Crippen LogP contribution in [0.2, 0.25) is 0 Å². The Morgan fingerprint density at radius 3 is 1.96 bits per heavy atom. The normalized spacial score (nSPS) is 13.3. The smallest absolute Gasteiger partial charge is 0.220 e. The van der Waals surface area contributed by atoms with Gasteiger partial charge in [0.25, 0.3) is 10.1 Å². The Hall–Kier alpha value is -1.56. The van der Waals surface area contributed by atoms with Crippen molar-refractivity contribution in [1.82, 2.24) is 0 Å². The van der Waals surface area contributed by atoms with Gasteiger partial charge in [0.05, 0.1) is 5.75 Å². The summed E-state index contributed by atoms with van der Waals surface area (Å²) in [6.45, 7) is 1.98. The molecule has 0 bridgehead atoms. The predicted octanol–water partition coefficient (Wildman–Crippen LogP) is 5.62. The summed E-state index contributed by atoms with van der Waals surface area (Å²) in [7, 11) is -5.28. The van der Waals surface area contributed by atoms with Crippen LogP contribution in [-0.2, 0) is 19.5 Å². The van der Waals surface area contributed by atoms with E-state index in [-0.39, 0.29) is 5.75 Å². The van der Waals surface area contributed by atoms with Crippen LogP contribution < -0.4 is 0 Å². The lowest BCUT2D eigenvalue weighted by Gasteiger charge is -2.31. The second-order valence-electron chi connectivity index (χ2n) is 7.06. The first-order valence-electron chi connectivity index (χ1n) is 8.85. The maximum absolute atomic E-state index is 12.3. The zero-order chi connectivity index (χ0) is 18.8. The van der Waals surface area contributed by atoms with Crippen molar-refractivity contribution in [3.05, 3.63) is 60.2 Å². The van der Waals surface area contributed by atoms with Crippen LogP contribution in [-0.4, -0.2) is 26.7 Å². The second kappa shape index (κ2) is 7.59. The summed E-state index contributed by atoms with van der Waals surface area (Å²) in [5.41, 5.74) is 1.17. The van der Waals surface area contributed by atoms with Gasteiger partial charge in [0.15, 0.2) is 0 Å². The molecule has 3 nitrogen and oxygen atoms in total. The van der Waals surface area contributed by atoms with E-state index in [4.69, 9.17) is 3.63 Å². The number of hydrogen-bond acceptors (Lipinski definition) is 3. The maximum atomic E-state index is 12.3. The molecular weight excluding hydrogens is 364 g/mol. The number of unbranched alkanes of at least 4 members (excludes halogenated alkanes) is 1. The lowest BCUT2D eigenvalue weighted by atomic mass is 9.98. The molecule has 140 valence electrons. The van der Waals surface area contributed by atoms with Crippen LogP contribution in [0.25, 0.3) is 21.5 Å². The average Bonchev–Trinajstić information content (AvgIpc) is 2.59. The third-order valence-electron chi connectivity index (χ3n) is 4.41. The molecule has 0 aliphatic carbocycles. The lowest BCUT2D eigenvalue weighted by molar-refractivity contribution is 0.508. The standard InChI is InChI=1S/C21H26O3S2/c1-4-5-14-26(22,23)24-25(2,3)16-21-19-12-8-6-10-17(19)15-18-11-7-9-13-20(18)21/h6-13,15H,4-5,14,16H2,1-3H3. The fourth-order valence-corrected chi connectivity index (χ4v) is 7.63. The Kier molecular flexibility index (Phi) is 5.61. The van der Waals surface area contributed by atoms with Crippen LogP contribution in [0.3, 0.4) is 0 Å². The number of fused-ring (bicyclic) bond motifs is 2. The van der Waals surface area contributed by atoms with Crippen molar-refractivity contribution in [3.8, 4) is 0 Å². The fourth-order valence-electron chi connectivity index (χ4n) is 3.27. The molecule has 0 fully saturated rings. The molecule has 3 rings (SSSR count). The van der Waals surface area contributed by atoms with Gasteiger partial charge in [-0.05, 0) is 52.1 Å². The minimum absolute atomic E-state index is 0.0935.